The molecule has 1 aliphatic rings. The molecule has 0 N–H and O–H groups in total. The predicted octanol–water partition coefficient (Wildman–Crippen LogP) is 2.46. The van der Waals surface area contributed by atoms with Crippen LogP contribution in [0, 0.1) is 17.0 Å². The molecule has 0 bridgehead atoms. The van der Waals surface area contributed by atoms with Crippen LogP contribution >= 0.6 is 11.8 Å². The number of hydrogen-bond acceptors (Lipinski definition) is 4. The molecule has 0 aliphatic carbocycles. The van der Waals surface area contributed by atoms with Gasteiger partial charge in [0, 0.05) is 41.9 Å². The van der Waals surface area contributed by atoms with E-state index in [1.54, 1.807) is 13.0 Å². The Morgan fingerprint density at radius 3 is 2.62 bits per heavy atom. The average molecular weight is 238 g/mol. The minimum absolute atomic E-state index is 0.204. The van der Waals surface area contributed by atoms with Gasteiger partial charge < -0.3 is 4.90 Å². The van der Waals surface area contributed by atoms with Gasteiger partial charge in [0.1, 0.15) is 0 Å². The summed E-state index contributed by atoms with van der Waals surface area (Å²) in [6, 6.07) is 5.36. The van der Waals surface area contributed by atoms with Crippen molar-refractivity contribution in [2.75, 3.05) is 29.5 Å². The largest absolute Gasteiger partial charge is 0.370 e. The second-order valence-corrected chi connectivity index (χ2v) is 5.05. The molecule has 1 aromatic carbocycles. The highest BCUT2D eigenvalue weighted by Crippen LogP contribution is 2.25. The van der Waals surface area contributed by atoms with E-state index in [1.165, 1.54) is 0 Å². The quantitative estimate of drug-likeness (QED) is 0.586. The van der Waals surface area contributed by atoms with Crippen molar-refractivity contribution in [2.45, 2.75) is 6.92 Å². The molecule has 0 saturated carbocycles. The van der Waals surface area contributed by atoms with E-state index < -0.39 is 0 Å². The summed E-state index contributed by atoms with van der Waals surface area (Å²) in [6.07, 6.45) is 0. The van der Waals surface area contributed by atoms with Crippen molar-refractivity contribution in [3.8, 4) is 0 Å². The Morgan fingerprint density at radius 2 is 2.06 bits per heavy atom. The smallest absolute Gasteiger partial charge is 0.272 e. The first-order valence-electron chi connectivity index (χ1n) is 5.26. The van der Waals surface area contributed by atoms with Gasteiger partial charge in [-0.25, -0.2) is 0 Å². The lowest BCUT2D eigenvalue weighted by Crippen LogP contribution is -2.32. The van der Waals surface area contributed by atoms with Gasteiger partial charge in [-0.15, -0.1) is 0 Å². The van der Waals surface area contributed by atoms with E-state index in [9.17, 15) is 10.1 Å². The zero-order valence-electron chi connectivity index (χ0n) is 9.18. The van der Waals surface area contributed by atoms with E-state index in [2.05, 4.69) is 4.90 Å². The molecule has 0 unspecified atom stereocenters. The number of benzene rings is 1. The predicted molar refractivity (Wildman–Crippen MR) is 67.4 cm³/mol. The Hall–Kier alpha value is -1.23. The first-order valence-corrected chi connectivity index (χ1v) is 6.41. The Balaban J connectivity index is 2.23. The van der Waals surface area contributed by atoms with Crippen LogP contribution in [0.4, 0.5) is 11.4 Å². The zero-order valence-corrected chi connectivity index (χ0v) is 10.00. The molecule has 2 rings (SSSR count). The molecular formula is C11H14N2O2S. The van der Waals surface area contributed by atoms with E-state index >= 15 is 0 Å². The van der Waals surface area contributed by atoms with E-state index in [0.717, 1.165) is 35.8 Å². The summed E-state index contributed by atoms with van der Waals surface area (Å²) < 4.78 is 0. The summed E-state index contributed by atoms with van der Waals surface area (Å²) in [4.78, 5) is 12.7. The molecule has 1 saturated heterocycles. The maximum absolute atomic E-state index is 10.7. The highest BCUT2D eigenvalue weighted by atomic mass is 32.2. The van der Waals surface area contributed by atoms with Gasteiger partial charge in [0.2, 0.25) is 0 Å². The summed E-state index contributed by atoms with van der Waals surface area (Å²) in [7, 11) is 0. The van der Waals surface area contributed by atoms with E-state index in [1.807, 2.05) is 23.9 Å². The SMILES string of the molecule is Cc1cc(N2CCSCC2)ccc1[N+](=O)[O-]. The number of aryl methyl sites for hydroxylation is 1. The molecular weight excluding hydrogens is 224 g/mol. The highest BCUT2D eigenvalue weighted by molar-refractivity contribution is 7.99. The Kier molecular flexibility index (Phi) is 3.33. The van der Waals surface area contributed by atoms with Crippen LogP contribution in [0.25, 0.3) is 0 Å². The molecule has 16 heavy (non-hydrogen) atoms. The van der Waals surface area contributed by atoms with E-state index in [4.69, 9.17) is 0 Å². The van der Waals surface area contributed by atoms with Crippen molar-refractivity contribution in [3.63, 3.8) is 0 Å². The lowest BCUT2D eigenvalue weighted by atomic mass is 10.1. The summed E-state index contributed by atoms with van der Waals surface area (Å²) in [5.74, 6) is 2.27. The average Bonchev–Trinajstić information content (AvgIpc) is 2.29. The maximum atomic E-state index is 10.7. The first kappa shape index (κ1) is 11.3. The van der Waals surface area contributed by atoms with Crippen LogP contribution in [0.5, 0.6) is 0 Å². The zero-order chi connectivity index (χ0) is 11.5. The summed E-state index contributed by atoms with van der Waals surface area (Å²) in [6.45, 7) is 3.85. The lowest BCUT2D eigenvalue weighted by molar-refractivity contribution is -0.385. The minimum Gasteiger partial charge on any atom is -0.370 e. The number of nitro groups is 1. The standard InChI is InChI=1S/C11H14N2O2S/c1-9-8-10(2-3-11(9)13(14)15)12-4-6-16-7-5-12/h2-3,8H,4-7H2,1H3. The molecule has 0 radical (unpaired) electrons. The van der Waals surface area contributed by atoms with Gasteiger partial charge >= 0.3 is 0 Å². The number of hydrogen-bond donors (Lipinski definition) is 0. The monoisotopic (exact) mass is 238 g/mol. The fourth-order valence-corrected chi connectivity index (χ4v) is 2.77. The van der Waals surface area contributed by atoms with Gasteiger partial charge in [0.25, 0.3) is 5.69 Å². The number of thioether (sulfide) groups is 1. The van der Waals surface area contributed by atoms with E-state index in [-0.39, 0.29) is 10.6 Å². The normalized spacial score (nSPS) is 16.2. The second kappa shape index (κ2) is 4.74. The minimum atomic E-state index is -0.328. The third-order valence-corrected chi connectivity index (χ3v) is 3.70. The van der Waals surface area contributed by atoms with Crippen molar-refractivity contribution in [3.05, 3.63) is 33.9 Å². The van der Waals surface area contributed by atoms with Gasteiger partial charge in [-0.3, -0.25) is 10.1 Å². The Morgan fingerprint density at radius 1 is 1.38 bits per heavy atom. The van der Waals surface area contributed by atoms with E-state index in [0.29, 0.717) is 0 Å². The fraction of sp³-hybridized carbons (Fsp3) is 0.455. The van der Waals surface area contributed by atoms with Crippen LogP contribution in [0.1, 0.15) is 5.56 Å². The van der Waals surface area contributed by atoms with Crippen LogP contribution in [-0.2, 0) is 0 Å². The van der Waals surface area contributed by atoms with Crippen LogP contribution in [0.15, 0.2) is 18.2 Å². The van der Waals surface area contributed by atoms with Crippen LogP contribution in [0.2, 0.25) is 0 Å². The van der Waals surface area contributed by atoms with Gasteiger partial charge in [-0.2, -0.15) is 11.8 Å². The van der Waals surface area contributed by atoms with Crippen molar-refractivity contribution in [1.29, 1.82) is 0 Å². The van der Waals surface area contributed by atoms with Gasteiger partial charge in [0.15, 0.2) is 0 Å². The van der Waals surface area contributed by atoms with Crippen molar-refractivity contribution in [2.24, 2.45) is 0 Å². The van der Waals surface area contributed by atoms with Crippen molar-refractivity contribution in [1.82, 2.24) is 0 Å². The maximum Gasteiger partial charge on any atom is 0.272 e. The van der Waals surface area contributed by atoms with Crippen LogP contribution < -0.4 is 4.90 Å². The fourth-order valence-electron chi connectivity index (χ4n) is 1.86. The molecule has 0 spiro atoms. The Bertz CT molecular complexity index is 403. The van der Waals surface area contributed by atoms with Crippen LogP contribution in [0.3, 0.4) is 0 Å². The summed E-state index contributed by atoms with van der Waals surface area (Å²) in [5, 5.41) is 10.7. The topological polar surface area (TPSA) is 46.4 Å². The third-order valence-electron chi connectivity index (χ3n) is 2.75. The van der Waals surface area contributed by atoms with Crippen LogP contribution in [-0.4, -0.2) is 29.5 Å². The number of anilines is 1. The third kappa shape index (κ3) is 2.29. The molecule has 1 aromatic rings. The molecule has 1 fully saturated rings. The van der Waals surface area contributed by atoms with Gasteiger partial charge in [0.05, 0.1) is 4.92 Å². The molecule has 86 valence electrons. The molecule has 0 amide bonds. The van der Waals surface area contributed by atoms with Gasteiger partial charge in [-0.1, -0.05) is 0 Å². The first-order chi connectivity index (χ1) is 7.68. The number of nitrogens with zero attached hydrogens (tertiary/aromatic N) is 2. The second-order valence-electron chi connectivity index (χ2n) is 3.83. The molecule has 4 nitrogen and oxygen atoms in total. The van der Waals surface area contributed by atoms with Gasteiger partial charge in [-0.05, 0) is 19.1 Å². The summed E-state index contributed by atoms with van der Waals surface area (Å²) in [5.41, 5.74) is 2.04. The molecule has 0 atom stereocenters. The van der Waals surface area contributed by atoms with Crippen molar-refractivity contribution < 1.29 is 4.92 Å². The molecule has 1 heterocycles. The molecule has 5 heteroatoms. The number of nitro benzene ring substituents is 1. The molecule has 1 aliphatic heterocycles. The Labute approximate surface area is 98.8 Å². The highest BCUT2D eigenvalue weighted by Gasteiger charge is 2.15. The molecule has 0 aromatic heterocycles. The number of rotatable bonds is 2. The lowest BCUT2D eigenvalue weighted by Gasteiger charge is -2.28. The summed E-state index contributed by atoms with van der Waals surface area (Å²) >= 11 is 1.96. The van der Waals surface area contributed by atoms with Crippen molar-refractivity contribution >= 4 is 23.1 Å².